The van der Waals surface area contributed by atoms with E-state index in [-0.39, 0.29) is 33.6 Å². The van der Waals surface area contributed by atoms with Crippen LogP contribution in [0, 0.1) is 11.3 Å². The smallest absolute Gasteiger partial charge is 0.252 e. The van der Waals surface area contributed by atoms with E-state index in [0.717, 1.165) is 6.26 Å². The molecule has 0 fully saturated rings. The van der Waals surface area contributed by atoms with Gasteiger partial charge in [-0.1, -0.05) is 34.8 Å². The summed E-state index contributed by atoms with van der Waals surface area (Å²) in [7, 11) is -3.40. The number of nitrogens with one attached hydrogen (secondary N) is 1. The molecule has 35 heavy (non-hydrogen) atoms. The summed E-state index contributed by atoms with van der Waals surface area (Å²) < 4.78 is 34.9. The average Bonchev–Trinajstić information content (AvgIpc) is 2.80. The van der Waals surface area contributed by atoms with Crippen molar-refractivity contribution in [2.45, 2.75) is 17.4 Å². The summed E-state index contributed by atoms with van der Waals surface area (Å²) in [5.41, 5.74) is -1.26. The van der Waals surface area contributed by atoms with Crippen molar-refractivity contribution in [1.82, 2.24) is 5.32 Å². The van der Waals surface area contributed by atoms with Crippen LogP contribution in [-0.4, -0.2) is 32.7 Å². The summed E-state index contributed by atoms with van der Waals surface area (Å²) in [4.78, 5) is 12.8. The summed E-state index contributed by atoms with van der Waals surface area (Å²) in [5.74, 6) is 0.253. The quantitative estimate of drug-likeness (QED) is 0.370. The molecule has 11 heteroatoms. The van der Waals surface area contributed by atoms with Crippen LogP contribution in [0.15, 0.2) is 65.6 Å². The predicted molar refractivity (Wildman–Crippen MR) is 135 cm³/mol. The van der Waals surface area contributed by atoms with E-state index in [0.29, 0.717) is 15.8 Å². The van der Waals surface area contributed by atoms with E-state index in [9.17, 15) is 18.5 Å². The van der Waals surface area contributed by atoms with E-state index in [1.54, 1.807) is 24.3 Å². The minimum atomic E-state index is -3.40. The van der Waals surface area contributed by atoms with Gasteiger partial charge in [0.15, 0.2) is 26.9 Å². The summed E-state index contributed by atoms with van der Waals surface area (Å²) in [5, 5.41) is 13.4. The Morgan fingerprint density at radius 3 is 2.14 bits per heavy atom. The summed E-state index contributed by atoms with van der Waals surface area (Å²) in [6.07, 6.45) is 1.07. The molecule has 1 amide bonds. The number of benzene rings is 3. The van der Waals surface area contributed by atoms with E-state index in [2.05, 4.69) is 5.32 Å². The van der Waals surface area contributed by atoms with Crippen molar-refractivity contribution in [3.8, 4) is 23.3 Å². The lowest BCUT2D eigenvalue weighted by Crippen LogP contribution is -2.49. The minimum Gasteiger partial charge on any atom is -0.486 e. The second-order valence-electron chi connectivity index (χ2n) is 7.75. The predicted octanol–water partition coefficient (Wildman–Crippen LogP) is 5.93. The molecule has 3 rings (SSSR count). The Morgan fingerprint density at radius 2 is 1.57 bits per heavy atom. The highest BCUT2D eigenvalue weighted by molar-refractivity contribution is 7.90. The molecule has 182 valence electrons. The molecule has 0 heterocycles. The van der Waals surface area contributed by atoms with Gasteiger partial charge in [-0.05, 0) is 61.5 Å². The van der Waals surface area contributed by atoms with Gasteiger partial charge in [-0.2, -0.15) is 5.26 Å². The first-order chi connectivity index (χ1) is 16.4. The van der Waals surface area contributed by atoms with Gasteiger partial charge in [0.25, 0.3) is 5.91 Å². The van der Waals surface area contributed by atoms with Crippen molar-refractivity contribution in [3.63, 3.8) is 0 Å². The molecule has 0 aliphatic heterocycles. The molecule has 0 bridgehead atoms. The number of hydrogen-bond acceptors (Lipinski definition) is 6. The van der Waals surface area contributed by atoms with Crippen LogP contribution in [0.2, 0.25) is 15.1 Å². The van der Waals surface area contributed by atoms with Crippen molar-refractivity contribution in [3.05, 3.63) is 81.3 Å². The molecule has 0 aromatic heterocycles. The average molecular weight is 554 g/mol. The van der Waals surface area contributed by atoms with Crippen molar-refractivity contribution in [1.29, 1.82) is 5.26 Å². The van der Waals surface area contributed by atoms with Crippen molar-refractivity contribution in [2.24, 2.45) is 0 Å². The monoisotopic (exact) mass is 552 g/mol. The van der Waals surface area contributed by atoms with Crippen LogP contribution in [0.3, 0.4) is 0 Å². The summed E-state index contributed by atoms with van der Waals surface area (Å²) in [6, 6.07) is 16.8. The molecule has 1 atom stereocenters. The molecular formula is C24H19Cl3N2O5S. The van der Waals surface area contributed by atoms with Crippen molar-refractivity contribution < 1.29 is 22.7 Å². The molecule has 1 unspecified atom stereocenters. The Morgan fingerprint density at radius 1 is 0.971 bits per heavy atom. The Bertz CT molecular complexity index is 1410. The number of hydrogen-bond donors (Lipinski definition) is 1. The number of nitriles is 1. The van der Waals surface area contributed by atoms with E-state index in [1.807, 2.05) is 6.07 Å². The maximum Gasteiger partial charge on any atom is 0.252 e. The van der Waals surface area contributed by atoms with Crippen LogP contribution < -0.4 is 14.8 Å². The standard InChI is InChI=1S/C24H19Cl3N2O5S/c1-24(13-28,29-23(30)15-3-7-18(8-4-15)35(2,31)32)14-33-22-12-17(26)6-10-21(22)34-20-9-5-16(25)11-19(20)27/h3-12H,14H2,1-2H3,(H,29,30). The van der Waals surface area contributed by atoms with Crippen LogP contribution in [0.5, 0.6) is 17.2 Å². The largest absolute Gasteiger partial charge is 0.486 e. The molecule has 3 aromatic carbocycles. The van der Waals surface area contributed by atoms with Gasteiger partial charge in [-0.25, -0.2) is 8.42 Å². The Kier molecular flexibility index (Phi) is 8.18. The Balaban J connectivity index is 1.76. The third-order valence-corrected chi connectivity index (χ3v) is 6.61. The van der Waals surface area contributed by atoms with Gasteiger partial charge in [0, 0.05) is 27.9 Å². The number of rotatable bonds is 8. The van der Waals surface area contributed by atoms with Gasteiger partial charge in [-0.3, -0.25) is 4.79 Å². The number of ether oxygens (including phenoxy) is 2. The second kappa shape index (κ2) is 10.8. The maximum atomic E-state index is 12.7. The highest BCUT2D eigenvalue weighted by Crippen LogP contribution is 2.38. The molecule has 3 aromatic rings. The zero-order chi connectivity index (χ0) is 25.8. The molecule has 0 saturated carbocycles. The fraction of sp³-hybridized carbons (Fsp3) is 0.167. The van der Waals surface area contributed by atoms with Crippen LogP contribution in [0.1, 0.15) is 17.3 Å². The van der Waals surface area contributed by atoms with Crippen LogP contribution in [0.4, 0.5) is 0 Å². The Hall–Kier alpha value is -2.96. The van der Waals surface area contributed by atoms with Crippen LogP contribution >= 0.6 is 34.8 Å². The van der Waals surface area contributed by atoms with E-state index < -0.39 is 21.3 Å². The number of halogens is 3. The highest BCUT2D eigenvalue weighted by Gasteiger charge is 2.29. The number of sulfone groups is 1. The van der Waals surface area contributed by atoms with Gasteiger partial charge in [0.1, 0.15) is 12.4 Å². The number of carbonyl (C=O) groups is 1. The fourth-order valence-corrected chi connectivity index (χ4v) is 4.09. The molecule has 0 aliphatic carbocycles. The Labute approximate surface area is 218 Å². The van der Waals surface area contributed by atoms with E-state index in [1.165, 1.54) is 43.3 Å². The van der Waals surface area contributed by atoms with E-state index >= 15 is 0 Å². The maximum absolute atomic E-state index is 12.7. The first kappa shape index (κ1) is 26.6. The highest BCUT2D eigenvalue weighted by atomic mass is 35.5. The zero-order valence-corrected chi connectivity index (χ0v) is 21.6. The zero-order valence-electron chi connectivity index (χ0n) is 18.5. The molecule has 1 N–H and O–H groups in total. The SMILES string of the molecule is CC(C#N)(COc1cc(Cl)ccc1Oc1ccc(Cl)cc1Cl)NC(=O)c1ccc(S(C)(=O)=O)cc1. The lowest BCUT2D eigenvalue weighted by molar-refractivity contribution is 0.0900. The number of nitrogens with zero attached hydrogens (tertiary/aromatic N) is 1. The molecule has 0 spiro atoms. The summed E-state index contributed by atoms with van der Waals surface area (Å²) in [6.45, 7) is 1.23. The van der Waals surface area contributed by atoms with Crippen LogP contribution in [-0.2, 0) is 9.84 Å². The lowest BCUT2D eigenvalue weighted by atomic mass is 10.1. The second-order valence-corrected chi connectivity index (χ2v) is 11.0. The normalized spacial score (nSPS) is 12.8. The minimum absolute atomic E-state index is 0.0784. The lowest BCUT2D eigenvalue weighted by Gasteiger charge is -2.24. The first-order valence-corrected chi connectivity index (χ1v) is 13.0. The number of amides is 1. The van der Waals surface area contributed by atoms with Crippen molar-refractivity contribution in [2.75, 3.05) is 12.9 Å². The van der Waals surface area contributed by atoms with Gasteiger partial charge < -0.3 is 14.8 Å². The molecule has 0 aliphatic rings. The third-order valence-electron chi connectivity index (χ3n) is 4.72. The fourth-order valence-electron chi connectivity index (χ4n) is 2.85. The third kappa shape index (κ3) is 7.03. The van der Waals surface area contributed by atoms with Gasteiger partial charge in [0.2, 0.25) is 0 Å². The first-order valence-electron chi connectivity index (χ1n) is 9.99. The van der Waals surface area contributed by atoms with Gasteiger partial charge in [0.05, 0.1) is 16.0 Å². The molecule has 7 nitrogen and oxygen atoms in total. The van der Waals surface area contributed by atoms with Gasteiger partial charge >= 0.3 is 0 Å². The van der Waals surface area contributed by atoms with Gasteiger partial charge in [-0.15, -0.1) is 0 Å². The molecular weight excluding hydrogens is 535 g/mol. The molecule has 0 saturated heterocycles. The van der Waals surface area contributed by atoms with Crippen molar-refractivity contribution >= 4 is 50.5 Å². The van der Waals surface area contributed by atoms with E-state index in [4.69, 9.17) is 44.3 Å². The summed E-state index contributed by atoms with van der Waals surface area (Å²) >= 11 is 18.2. The van der Waals surface area contributed by atoms with Crippen LogP contribution in [0.25, 0.3) is 0 Å². The topological polar surface area (TPSA) is 105 Å². The molecule has 0 radical (unpaired) electrons. The number of carbonyl (C=O) groups excluding carboxylic acids is 1.